The third-order valence-electron chi connectivity index (χ3n) is 3.25. The van der Waals surface area contributed by atoms with Gasteiger partial charge in [0.05, 0.1) is 31.3 Å². The predicted molar refractivity (Wildman–Crippen MR) is 70.5 cm³/mol. The lowest BCUT2D eigenvalue weighted by molar-refractivity contribution is -0.152. The van der Waals surface area contributed by atoms with E-state index in [1.807, 2.05) is 30.3 Å². The highest BCUT2D eigenvalue weighted by molar-refractivity contribution is 5.69. The van der Waals surface area contributed by atoms with Crippen LogP contribution in [-0.2, 0) is 14.3 Å². The fourth-order valence-electron chi connectivity index (χ4n) is 2.41. The Kier molecular flexibility index (Phi) is 4.93. The number of ether oxygens (including phenoxy) is 2. The maximum absolute atomic E-state index is 11.5. The van der Waals surface area contributed by atoms with Gasteiger partial charge in [-0.1, -0.05) is 30.3 Å². The zero-order valence-electron chi connectivity index (χ0n) is 11.1. The van der Waals surface area contributed by atoms with Crippen molar-refractivity contribution in [3.63, 3.8) is 0 Å². The van der Waals surface area contributed by atoms with E-state index in [1.54, 1.807) is 6.92 Å². The predicted octanol–water partition coefficient (Wildman–Crippen LogP) is 2.22. The Morgan fingerprint density at radius 1 is 1.37 bits per heavy atom. The topological polar surface area (TPSA) is 55.8 Å². The summed E-state index contributed by atoms with van der Waals surface area (Å²) in [7, 11) is 0. The SMILES string of the molecule is CCOC(=O)C[C@H]1C[C@@H](O)C[C@@H](c2ccccc2)O1. The maximum atomic E-state index is 11.5. The van der Waals surface area contributed by atoms with Crippen LogP contribution in [0.15, 0.2) is 30.3 Å². The Labute approximate surface area is 113 Å². The molecule has 2 rings (SSSR count). The molecule has 4 heteroatoms. The molecular formula is C15H20O4. The van der Waals surface area contributed by atoms with E-state index in [0.717, 1.165) is 5.56 Å². The van der Waals surface area contributed by atoms with Crippen LogP contribution >= 0.6 is 0 Å². The molecule has 1 aliphatic heterocycles. The fourth-order valence-corrected chi connectivity index (χ4v) is 2.41. The molecule has 1 aromatic carbocycles. The third-order valence-corrected chi connectivity index (χ3v) is 3.25. The van der Waals surface area contributed by atoms with Gasteiger partial charge >= 0.3 is 5.97 Å². The molecule has 19 heavy (non-hydrogen) atoms. The minimum absolute atomic E-state index is 0.149. The van der Waals surface area contributed by atoms with Crippen LogP contribution in [0.4, 0.5) is 0 Å². The summed E-state index contributed by atoms with van der Waals surface area (Å²) in [6, 6.07) is 9.78. The first-order valence-corrected chi connectivity index (χ1v) is 6.73. The minimum Gasteiger partial charge on any atom is -0.466 e. The second-order valence-electron chi connectivity index (χ2n) is 4.79. The summed E-state index contributed by atoms with van der Waals surface area (Å²) < 4.78 is 10.8. The first-order chi connectivity index (χ1) is 9.19. The van der Waals surface area contributed by atoms with Gasteiger partial charge in [-0.15, -0.1) is 0 Å². The number of hydrogen-bond acceptors (Lipinski definition) is 4. The summed E-state index contributed by atoms with van der Waals surface area (Å²) in [6.45, 7) is 2.15. The molecular weight excluding hydrogens is 244 g/mol. The van der Waals surface area contributed by atoms with E-state index in [4.69, 9.17) is 9.47 Å². The van der Waals surface area contributed by atoms with E-state index in [9.17, 15) is 9.90 Å². The van der Waals surface area contributed by atoms with Crippen molar-refractivity contribution in [2.45, 2.75) is 44.5 Å². The molecule has 0 unspecified atom stereocenters. The van der Waals surface area contributed by atoms with Crippen LogP contribution < -0.4 is 0 Å². The fraction of sp³-hybridized carbons (Fsp3) is 0.533. The molecule has 1 fully saturated rings. The van der Waals surface area contributed by atoms with Crippen molar-refractivity contribution >= 4 is 5.97 Å². The van der Waals surface area contributed by atoms with Crippen molar-refractivity contribution in [1.29, 1.82) is 0 Å². The number of carbonyl (C=O) groups excluding carboxylic acids is 1. The number of rotatable bonds is 4. The van der Waals surface area contributed by atoms with Gasteiger partial charge in [-0.05, 0) is 12.5 Å². The molecule has 1 aromatic rings. The Hall–Kier alpha value is -1.39. The second-order valence-corrected chi connectivity index (χ2v) is 4.79. The van der Waals surface area contributed by atoms with E-state index >= 15 is 0 Å². The Morgan fingerprint density at radius 2 is 2.11 bits per heavy atom. The maximum Gasteiger partial charge on any atom is 0.308 e. The van der Waals surface area contributed by atoms with E-state index in [0.29, 0.717) is 19.4 Å². The number of benzene rings is 1. The molecule has 1 aliphatic rings. The van der Waals surface area contributed by atoms with E-state index in [1.165, 1.54) is 0 Å². The summed E-state index contributed by atoms with van der Waals surface area (Å²) >= 11 is 0. The number of aliphatic hydroxyl groups excluding tert-OH is 1. The Bertz CT molecular complexity index is 404. The van der Waals surface area contributed by atoms with Crippen molar-refractivity contribution in [2.75, 3.05) is 6.61 Å². The molecule has 0 bridgehead atoms. The lowest BCUT2D eigenvalue weighted by Gasteiger charge is -2.33. The molecule has 0 aliphatic carbocycles. The monoisotopic (exact) mass is 264 g/mol. The molecule has 0 saturated carbocycles. The van der Waals surface area contributed by atoms with Crippen LogP contribution in [0, 0.1) is 0 Å². The molecule has 4 nitrogen and oxygen atoms in total. The molecule has 104 valence electrons. The largest absolute Gasteiger partial charge is 0.466 e. The molecule has 0 radical (unpaired) electrons. The lowest BCUT2D eigenvalue weighted by Crippen LogP contribution is -2.33. The quantitative estimate of drug-likeness (QED) is 0.847. The summed E-state index contributed by atoms with van der Waals surface area (Å²) in [5.74, 6) is -0.270. The highest BCUT2D eigenvalue weighted by atomic mass is 16.5. The van der Waals surface area contributed by atoms with Gasteiger partial charge in [0.1, 0.15) is 0 Å². The number of aliphatic hydroxyl groups is 1. The third kappa shape index (κ3) is 4.04. The molecule has 0 aromatic heterocycles. The van der Waals surface area contributed by atoms with Crippen LogP contribution in [-0.4, -0.2) is 29.9 Å². The Balaban J connectivity index is 1.98. The molecule has 0 amide bonds. The van der Waals surface area contributed by atoms with Gasteiger partial charge in [0.15, 0.2) is 0 Å². The van der Waals surface area contributed by atoms with E-state index < -0.39 is 6.10 Å². The van der Waals surface area contributed by atoms with E-state index in [2.05, 4.69) is 0 Å². The van der Waals surface area contributed by atoms with Gasteiger partial charge in [-0.2, -0.15) is 0 Å². The second kappa shape index (κ2) is 6.68. The van der Waals surface area contributed by atoms with Gasteiger partial charge in [0.2, 0.25) is 0 Å². The highest BCUT2D eigenvalue weighted by Gasteiger charge is 2.30. The van der Waals surface area contributed by atoms with Gasteiger partial charge in [0, 0.05) is 12.8 Å². The summed E-state index contributed by atoms with van der Waals surface area (Å²) in [5.41, 5.74) is 1.04. The number of hydrogen-bond donors (Lipinski definition) is 1. The molecule has 0 spiro atoms. The number of esters is 1. The molecule has 1 saturated heterocycles. The van der Waals surface area contributed by atoms with Gasteiger partial charge in [-0.3, -0.25) is 4.79 Å². The van der Waals surface area contributed by atoms with Crippen molar-refractivity contribution in [1.82, 2.24) is 0 Å². The van der Waals surface area contributed by atoms with Crippen molar-refractivity contribution in [3.05, 3.63) is 35.9 Å². The van der Waals surface area contributed by atoms with Crippen LogP contribution in [0.1, 0.15) is 37.9 Å². The average molecular weight is 264 g/mol. The molecule has 1 N–H and O–H groups in total. The van der Waals surface area contributed by atoms with E-state index in [-0.39, 0.29) is 24.6 Å². The first kappa shape index (κ1) is 14.0. The highest BCUT2D eigenvalue weighted by Crippen LogP contribution is 2.32. The van der Waals surface area contributed by atoms with Crippen LogP contribution in [0.3, 0.4) is 0 Å². The minimum atomic E-state index is -0.432. The van der Waals surface area contributed by atoms with Crippen LogP contribution in [0.25, 0.3) is 0 Å². The van der Waals surface area contributed by atoms with Crippen LogP contribution in [0.2, 0.25) is 0 Å². The molecule has 1 heterocycles. The smallest absolute Gasteiger partial charge is 0.308 e. The summed E-state index contributed by atoms with van der Waals surface area (Å²) in [6.07, 6.45) is 0.412. The normalized spacial score (nSPS) is 26.9. The summed E-state index contributed by atoms with van der Waals surface area (Å²) in [4.78, 5) is 11.5. The average Bonchev–Trinajstić information content (AvgIpc) is 2.39. The van der Waals surface area contributed by atoms with Crippen molar-refractivity contribution in [3.8, 4) is 0 Å². The van der Waals surface area contributed by atoms with Gasteiger partial charge in [0.25, 0.3) is 0 Å². The number of carbonyl (C=O) groups is 1. The van der Waals surface area contributed by atoms with Gasteiger partial charge < -0.3 is 14.6 Å². The Morgan fingerprint density at radius 3 is 2.79 bits per heavy atom. The zero-order valence-corrected chi connectivity index (χ0v) is 11.1. The summed E-state index contributed by atoms with van der Waals surface area (Å²) in [5, 5.41) is 9.92. The van der Waals surface area contributed by atoms with Gasteiger partial charge in [-0.25, -0.2) is 0 Å². The van der Waals surface area contributed by atoms with Crippen LogP contribution in [0.5, 0.6) is 0 Å². The zero-order chi connectivity index (χ0) is 13.7. The standard InChI is InChI=1S/C15H20O4/c1-2-18-15(17)10-13-8-12(16)9-14(19-13)11-6-4-3-5-7-11/h3-7,12-14,16H,2,8-10H2,1H3/t12-,13-,14+/m1/s1. The van der Waals surface area contributed by atoms with Crippen molar-refractivity contribution in [2.24, 2.45) is 0 Å². The molecule has 3 atom stereocenters. The lowest BCUT2D eigenvalue weighted by atomic mass is 9.95. The van der Waals surface area contributed by atoms with Crippen molar-refractivity contribution < 1.29 is 19.4 Å². The first-order valence-electron chi connectivity index (χ1n) is 6.73.